The highest BCUT2D eigenvalue weighted by Gasteiger charge is 2.39. The zero-order valence-corrected chi connectivity index (χ0v) is 16.1. The number of hydrogen-bond acceptors (Lipinski definition) is 6. The molecule has 1 aromatic heterocycles. The van der Waals surface area contributed by atoms with Crippen molar-refractivity contribution in [2.45, 2.75) is 76.1 Å². The maximum atomic E-state index is 14.4. The third kappa shape index (κ3) is 5.27. The van der Waals surface area contributed by atoms with Crippen molar-refractivity contribution in [1.82, 2.24) is 15.0 Å². The summed E-state index contributed by atoms with van der Waals surface area (Å²) in [5.74, 6) is -4.93. The normalized spacial score (nSPS) is 24.4. The van der Waals surface area contributed by atoms with Crippen molar-refractivity contribution in [2.75, 3.05) is 5.32 Å². The standard InChI is InChI=1S/C18H21F6N5O/c1-2-12(18(22,23)24)26-16-28-14(10-4-3-5-11(30)13(10)19)27-15(29-16)25-9-6-7-17(20,21)8-9/h11-12,30H,2-8H2,1H3,(H,26,27,28,29)/t11?,12-/m1/s1. The molecule has 1 unspecified atom stereocenters. The maximum absolute atomic E-state index is 14.4. The molecule has 1 fully saturated rings. The van der Waals surface area contributed by atoms with E-state index >= 15 is 0 Å². The van der Waals surface area contributed by atoms with Gasteiger partial charge in [0.2, 0.25) is 5.95 Å². The Kier molecular flexibility index (Phi) is 6.34. The Morgan fingerprint density at radius 1 is 1.23 bits per heavy atom. The molecule has 0 aliphatic heterocycles. The minimum Gasteiger partial charge on any atom is -0.386 e. The Hall–Kier alpha value is -2.24. The van der Waals surface area contributed by atoms with E-state index in [1.807, 2.05) is 0 Å². The summed E-state index contributed by atoms with van der Waals surface area (Å²) in [6, 6.07) is -1.97. The second-order valence-corrected chi connectivity index (χ2v) is 7.37. The van der Waals surface area contributed by atoms with Crippen molar-refractivity contribution in [2.24, 2.45) is 4.99 Å². The van der Waals surface area contributed by atoms with Crippen LogP contribution in [0.15, 0.2) is 10.8 Å². The lowest BCUT2D eigenvalue weighted by Crippen LogP contribution is -2.36. The number of alkyl halides is 5. The van der Waals surface area contributed by atoms with E-state index in [4.69, 9.17) is 0 Å². The molecule has 0 radical (unpaired) electrons. The number of hydrogen-bond donors (Lipinski definition) is 2. The zero-order valence-electron chi connectivity index (χ0n) is 16.1. The van der Waals surface area contributed by atoms with E-state index in [0.29, 0.717) is 6.42 Å². The minimum absolute atomic E-state index is 0.00726. The quantitative estimate of drug-likeness (QED) is 0.650. The first-order valence-electron chi connectivity index (χ1n) is 9.59. The molecule has 2 atom stereocenters. The summed E-state index contributed by atoms with van der Waals surface area (Å²) in [5, 5.41) is 11.9. The number of nitrogens with one attached hydrogen (secondary N) is 1. The monoisotopic (exact) mass is 437 g/mol. The van der Waals surface area contributed by atoms with E-state index in [1.54, 1.807) is 0 Å². The number of allylic oxidation sites excluding steroid dienone is 1. The second kappa shape index (κ2) is 8.48. The Morgan fingerprint density at radius 3 is 2.57 bits per heavy atom. The predicted molar refractivity (Wildman–Crippen MR) is 97.4 cm³/mol. The van der Waals surface area contributed by atoms with Gasteiger partial charge in [-0.3, -0.25) is 0 Å². The Bertz CT molecular complexity index is 854. The fourth-order valence-electron chi connectivity index (χ4n) is 3.36. The largest absolute Gasteiger partial charge is 0.408 e. The van der Waals surface area contributed by atoms with Gasteiger partial charge in [0, 0.05) is 24.1 Å². The van der Waals surface area contributed by atoms with Gasteiger partial charge in [-0.05, 0) is 32.1 Å². The van der Waals surface area contributed by atoms with Crippen LogP contribution in [0.1, 0.15) is 57.7 Å². The molecule has 0 amide bonds. The van der Waals surface area contributed by atoms with Crippen molar-refractivity contribution in [3.63, 3.8) is 0 Å². The molecule has 12 heteroatoms. The highest BCUT2D eigenvalue weighted by molar-refractivity contribution is 5.89. The lowest BCUT2D eigenvalue weighted by molar-refractivity contribution is -0.143. The van der Waals surface area contributed by atoms with Crippen LogP contribution in [0.5, 0.6) is 0 Å². The van der Waals surface area contributed by atoms with E-state index in [2.05, 4.69) is 25.3 Å². The molecular formula is C18H21F6N5O. The van der Waals surface area contributed by atoms with Gasteiger partial charge in [-0.1, -0.05) is 6.92 Å². The summed E-state index contributed by atoms with van der Waals surface area (Å²) in [5.41, 5.74) is 0.0431. The minimum atomic E-state index is -4.59. The molecule has 2 aliphatic carbocycles. The molecule has 2 aliphatic rings. The van der Waals surface area contributed by atoms with Crippen LogP contribution in [-0.2, 0) is 0 Å². The van der Waals surface area contributed by atoms with E-state index in [1.165, 1.54) is 6.92 Å². The van der Waals surface area contributed by atoms with Crippen LogP contribution in [0.3, 0.4) is 0 Å². The number of anilines is 1. The molecule has 1 heterocycles. The van der Waals surface area contributed by atoms with Gasteiger partial charge in [0.15, 0.2) is 5.82 Å². The average Bonchev–Trinajstić information content (AvgIpc) is 2.99. The summed E-state index contributed by atoms with van der Waals surface area (Å²) < 4.78 is 80.7. The third-order valence-electron chi connectivity index (χ3n) is 4.99. The lowest BCUT2D eigenvalue weighted by atomic mass is 9.96. The van der Waals surface area contributed by atoms with E-state index in [-0.39, 0.29) is 48.7 Å². The maximum Gasteiger partial charge on any atom is 0.408 e. The highest BCUT2D eigenvalue weighted by atomic mass is 19.4. The first kappa shape index (κ1) is 22.4. The van der Waals surface area contributed by atoms with Gasteiger partial charge >= 0.3 is 6.18 Å². The molecular weight excluding hydrogens is 416 g/mol. The van der Waals surface area contributed by atoms with Gasteiger partial charge < -0.3 is 10.4 Å². The molecule has 2 N–H and O–H groups in total. The predicted octanol–water partition coefficient (Wildman–Crippen LogP) is 4.74. The topological polar surface area (TPSA) is 83.3 Å². The fraction of sp³-hybridized carbons (Fsp3) is 0.667. The second-order valence-electron chi connectivity index (χ2n) is 7.37. The number of aromatic nitrogens is 3. The number of rotatable bonds is 5. The van der Waals surface area contributed by atoms with Crippen molar-refractivity contribution >= 4 is 23.2 Å². The fourth-order valence-corrected chi connectivity index (χ4v) is 3.36. The number of nitrogens with zero attached hydrogens (tertiary/aromatic N) is 4. The summed E-state index contributed by atoms with van der Waals surface area (Å²) in [6.45, 7) is 1.31. The third-order valence-corrected chi connectivity index (χ3v) is 4.99. The van der Waals surface area contributed by atoms with Crippen LogP contribution in [0, 0.1) is 0 Å². The molecule has 30 heavy (non-hydrogen) atoms. The number of halogens is 6. The van der Waals surface area contributed by atoms with Gasteiger partial charge in [-0.2, -0.15) is 28.1 Å². The van der Waals surface area contributed by atoms with Crippen molar-refractivity contribution in [1.29, 1.82) is 0 Å². The van der Waals surface area contributed by atoms with Crippen LogP contribution in [-0.4, -0.2) is 50.0 Å². The Morgan fingerprint density at radius 2 is 1.97 bits per heavy atom. The van der Waals surface area contributed by atoms with Crippen molar-refractivity contribution < 1.29 is 31.4 Å². The van der Waals surface area contributed by atoms with Gasteiger partial charge in [-0.25, -0.2) is 18.2 Å². The van der Waals surface area contributed by atoms with Crippen molar-refractivity contribution in [3.8, 4) is 0 Å². The van der Waals surface area contributed by atoms with Crippen LogP contribution < -0.4 is 5.32 Å². The molecule has 0 aromatic carbocycles. The van der Waals surface area contributed by atoms with E-state index in [9.17, 15) is 31.4 Å². The smallest absolute Gasteiger partial charge is 0.386 e. The van der Waals surface area contributed by atoms with E-state index in [0.717, 1.165) is 0 Å². The van der Waals surface area contributed by atoms with Gasteiger partial charge in [0.25, 0.3) is 11.9 Å². The van der Waals surface area contributed by atoms with E-state index < -0.39 is 48.9 Å². The van der Waals surface area contributed by atoms with Gasteiger partial charge in [0.05, 0.1) is 0 Å². The average molecular weight is 437 g/mol. The molecule has 1 aromatic rings. The van der Waals surface area contributed by atoms with Crippen molar-refractivity contribution in [3.05, 3.63) is 11.7 Å². The summed E-state index contributed by atoms with van der Waals surface area (Å²) >= 11 is 0. The Balaban J connectivity index is 2.02. The Labute approximate surface area is 168 Å². The van der Waals surface area contributed by atoms with Crippen LogP contribution in [0.2, 0.25) is 0 Å². The molecule has 6 nitrogen and oxygen atoms in total. The van der Waals surface area contributed by atoms with Gasteiger partial charge in [-0.15, -0.1) is 0 Å². The number of aliphatic hydroxyl groups excluding tert-OH is 1. The zero-order chi connectivity index (χ0) is 22.1. The number of aliphatic hydroxyl groups is 1. The lowest BCUT2D eigenvalue weighted by Gasteiger charge is -2.21. The van der Waals surface area contributed by atoms with Gasteiger partial charge in [0.1, 0.15) is 18.0 Å². The molecule has 0 saturated heterocycles. The molecule has 1 saturated carbocycles. The first-order valence-corrected chi connectivity index (χ1v) is 9.59. The van der Waals surface area contributed by atoms with Crippen LogP contribution in [0.25, 0.3) is 5.57 Å². The summed E-state index contributed by atoms with van der Waals surface area (Å²) in [4.78, 5) is 15.6. The first-order chi connectivity index (χ1) is 14.0. The number of aliphatic imine (C=N–C) groups is 1. The molecule has 3 rings (SSSR count). The van der Waals surface area contributed by atoms with Crippen LogP contribution >= 0.6 is 0 Å². The molecule has 0 bridgehead atoms. The summed E-state index contributed by atoms with van der Waals surface area (Å²) in [6.07, 6.45) is -6.49. The SMILES string of the molecule is CC[C@@H](Nc1nc(N=C2CCC(F)(F)C2)nc(C2=C(F)C(O)CCC2)n1)C(F)(F)F. The summed E-state index contributed by atoms with van der Waals surface area (Å²) in [7, 11) is 0. The molecule has 166 valence electrons. The molecule has 0 spiro atoms. The highest BCUT2D eigenvalue weighted by Crippen LogP contribution is 2.35. The van der Waals surface area contributed by atoms with Crippen LogP contribution in [0.4, 0.5) is 38.2 Å².